The number of terminal acetylenes is 1. The van der Waals surface area contributed by atoms with Gasteiger partial charge in [-0.2, -0.15) is 4.98 Å². The first-order chi connectivity index (χ1) is 19.6. The van der Waals surface area contributed by atoms with Gasteiger partial charge in [0.05, 0.1) is 17.6 Å². The Morgan fingerprint density at radius 2 is 1.52 bits per heavy atom. The predicted octanol–water partition coefficient (Wildman–Crippen LogP) is 5.68. The number of hydrogen-bond acceptors (Lipinski definition) is 9. The van der Waals surface area contributed by atoms with Gasteiger partial charge in [0.1, 0.15) is 5.69 Å². The van der Waals surface area contributed by atoms with Crippen molar-refractivity contribution in [1.82, 2.24) is 25.1 Å². The molecule has 2 fully saturated rings. The molecule has 2 aliphatic rings. The van der Waals surface area contributed by atoms with Crippen LogP contribution in [0.2, 0.25) is 0 Å². The van der Waals surface area contributed by atoms with Crippen LogP contribution in [0.15, 0.2) is 65.4 Å². The van der Waals surface area contributed by atoms with Gasteiger partial charge in [-0.15, -0.1) is 12.8 Å². The first-order valence-electron chi connectivity index (χ1n) is 13.8. The summed E-state index contributed by atoms with van der Waals surface area (Å²) in [4.78, 5) is 18.9. The minimum Gasteiger partial charge on any atom is -0.370 e. The van der Waals surface area contributed by atoms with Crippen LogP contribution in [0, 0.1) is 19.8 Å². The molecule has 40 heavy (non-hydrogen) atoms. The smallest absolute Gasteiger partial charge is 0.223 e. The van der Waals surface area contributed by atoms with Gasteiger partial charge in [-0.25, -0.2) is 9.97 Å². The molecule has 4 heterocycles. The Bertz CT molecular complexity index is 1260. The summed E-state index contributed by atoms with van der Waals surface area (Å²) in [5, 5.41) is 3.87. The van der Waals surface area contributed by atoms with Crippen LogP contribution in [0.4, 0.5) is 11.6 Å². The normalized spacial score (nSPS) is 14.8. The molecule has 6 rings (SSSR count). The highest BCUT2D eigenvalue weighted by molar-refractivity contribution is 5.59. The summed E-state index contributed by atoms with van der Waals surface area (Å²) in [5.41, 5.74) is 15.0. The third-order valence-electron chi connectivity index (χ3n) is 6.62. The molecule has 1 saturated carbocycles. The molecule has 4 aromatic rings. The summed E-state index contributed by atoms with van der Waals surface area (Å²) in [5.74, 6) is 1.42. The maximum Gasteiger partial charge on any atom is 0.223 e. The molecule has 0 atom stereocenters. The molecule has 0 bridgehead atoms. The van der Waals surface area contributed by atoms with Gasteiger partial charge in [-0.05, 0) is 50.3 Å². The summed E-state index contributed by atoms with van der Waals surface area (Å²) in [6.45, 7) is 4.03. The second-order valence-electron chi connectivity index (χ2n) is 9.65. The van der Waals surface area contributed by atoms with E-state index in [2.05, 4.69) is 48.9 Å². The SMILES string of the molecule is C#C.Cc1nc(-c2ccc(N3CCCCC3)cn2)no1.NC1CCCCC1.Nc1nccc(-c2ccccc2)n1. The number of hydrogen-bond donors (Lipinski definition) is 2. The standard InChI is InChI=1S/C13H16N4O.C10H9N3.C6H13N.C2H2/c1-10-15-13(16-18-10)12-6-5-11(9-14-12)17-7-3-2-4-8-17;11-10-12-7-6-9(13-10)8-4-2-1-3-5-8;7-6-4-2-1-3-5-6;1-2/h5-6,9H,2-4,7-8H2,1H3;1-7H,(H2,11,12,13);6H,1-5,7H2;1-2H. The van der Waals surface area contributed by atoms with E-state index in [1.807, 2.05) is 48.7 Å². The summed E-state index contributed by atoms with van der Waals surface area (Å²) in [6, 6.07) is 16.3. The zero-order valence-corrected chi connectivity index (χ0v) is 23.3. The van der Waals surface area contributed by atoms with Crippen LogP contribution in [-0.2, 0) is 0 Å². The third kappa shape index (κ3) is 9.79. The second kappa shape index (κ2) is 16.6. The minimum atomic E-state index is 0.307. The first kappa shape index (κ1) is 30.3. The molecular weight excluding hydrogens is 500 g/mol. The van der Waals surface area contributed by atoms with Crippen molar-refractivity contribution in [2.24, 2.45) is 5.73 Å². The average Bonchev–Trinajstić information content (AvgIpc) is 3.46. The Labute approximate surface area is 237 Å². The van der Waals surface area contributed by atoms with Crippen LogP contribution in [0.3, 0.4) is 0 Å². The molecule has 1 saturated heterocycles. The zero-order chi connectivity index (χ0) is 28.6. The lowest BCUT2D eigenvalue weighted by atomic mass is 9.97. The summed E-state index contributed by atoms with van der Waals surface area (Å²) in [7, 11) is 0. The van der Waals surface area contributed by atoms with E-state index >= 15 is 0 Å². The van der Waals surface area contributed by atoms with E-state index in [4.69, 9.17) is 16.0 Å². The van der Waals surface area contributed by atoms with Crippen molar-refractivity contribution in [3.63, 3.8) is 0 Å². The Hall–Kier alpha value is -4.29. The number of anilines is 2. The van der Waals surface area contributed by atoms with Gasteiger partial charge < -0.3 is 20.9 Å². The van der Waals surface area contributed by atoms with Crippen molar-refractivity contribution in [3.05, 3.63) is 66.8 Å². The molecule has 9 heteroatoms. The maximum atomic E-state index is 5.63. The molecule has 1 aliphatic carbocycles. The zero-order valence-electron chi connectivity index (χ0n) is 23.3. The number of piperidine rings is 1. The fourth-order valence-corrected chi connectivity index (χ4v) is 4.54. The maximum absolute atomic E-state index is 5.63. The van der Waals surface area contributed by atoms with E-state index < -0.39 is 0 Å². The van der Waals surface area contributed by atoms with Crippen molar-refractivity contribution >= 4 is 11.6 Å². The number of rotatable bonds is 3. The molecule has 4 N–H and O–H groups in total. The van der Waals surface area contributed by atoms with E-state index in [1.165, 1.54) is 57.1 Å². The van der Waals surface area contributed by atoms with E-state index in [0.717, 1.165) is 30.0 Å². The Kier molecular flexibility index (Phi) is 12.6. The summed E-state index contributed by atoms with van der Waals surface area (Å²) >= 11 is 0. The quantitative estimate of drug-likeness (QED) is 0.315. The average molecular weight is 541 g/mol. The number of nitrogens with zero attached hydrogens (tertiary/aromatic N) is 6. The molecule has 1 aromatic carbocycles. The fraction of sp³-hybridized carbons (Fsp3) is 0.387. The van der Waals surface area contributed by atoms with Crippen molar-refractivity contribution in [2.45, 2.75) is 64.3 Å². The Balaban J connectivity index is 0.000000175. The van der Waals surface area contributed by atoms with Crippen molar-refractivity contribution in [2.75, 3.05) is 23.7 Å². The van der Waals surface area contributed by atoms with Crippen LogP contribution in [0.5, 0.6) is 0 Å². The van der Waals surface area contributed by atoms with E-state index in [9.17, 15) is 0 Å². The lowest BCUT2D eigenvalue weighted by Crippen LogP contribution is -2.29. The van der Waals surface area contributed by atoms with Crippen LogP contribution in [-0.4, -0.2) is 44.2 Å². The van der Waals surface area contributed by atoms with Gasteiger partial charge in [0, 0.05) is 37.8 Å². The van der Waals surface area contributed by atoms with Gasteiger partial charge >= 0.3 is 0 Å². The Morgan fingerprint density at radius 1 is 0.825 bits per heavy atom. The molecule has 9 nitrogen and oxygen atoms in total. The van der Waals surface area contributed by atoms with Crippen molar-refractivity contribution < 1.29 is 4.52 Å². The minimum absolute atomic E-state index is 0.307. The third-order valence-corrected chi connectivity index (χ3v) is 6.62. The Morgan fingerprint density at radius 3 is 2.08 bits per heavy atom. The lowest BCUT2D eigenvalue weighted by molar-refractivity contribution is 0.394. The van der Waals surface area contributed by atoms with Crippen molar-refractivity contribution in [1.29, 1.82) is 0 Å². The predicted molar refractivity (Wildman–Crippen MR) is 161 cm³/mol. The highest BCUT2D eigenvalue weighted by Crippen LogP contribution is 2.21. The van der Waals surface area contributed by atoms with Crippen molar-refractivity contribution in [3.8, 4) is 35.6 Å². The van der Waals surface area contributed by atoms with E-state index in [0.29, 0.717) is 23.7 Å². The number of aryl methyl sites for hydroxylation is 1. The molecule has 0 radical (unpaired) electrons. The summed E-state index contributed by atoms with van der Waals surface area (Å²) < 4.78 is 4.95. The number of aromatic nitrogens is 5. The topological polar surface area (TPSA) is 133 Å². The highest BCUT2D eigenvalue weighted by Gasteiger charge is 2.12. The monoisotopic (exact) mass is 540 g/mol. The van der Waals surface area contributed by atoms with Crippen LogP contribution >= 0.6 is 0 Å². The number of benzene rings is 1. The van der Waals surface area contributed by atoms with Gasteiger partial charge in [-0.3, -0.25) is 4.98 Å². The molecule has 0 spiro atoms. The molecule has 3 aromatic heterocycles. The largest absolute Gasteiger partial charge is 0.370 e. The molecule has 0 unspecified atom stereocenters. The number of nitrogens with two attached hydrogens (primary N) is 2. The van der Waals surface area contributed by atoms with Gasteiger partial charge in [0.15, 0.2) is 0 Å². The molecule has 1 aliphatic heterocycles. The van der Waals surface area contributed by atoms with E-state index in [-0.39, 0.29) is 0 Å². The molecule has 0 amide bonds. The molecule has 210 valence electrons. The van der Waals surface area contributed by atoms with Crippen LogP contribution < -0.4 is 16.4 Å². The van der Waals surface area contributed by atoms with Crippen LogP contribution in [0.1, 0.15) is 57.3 Å². The molecular formula is C31H40N8O. The van der Waals surface area contributed by atoms with Gasteiger partial charge in [0.2, 0.25) is 17.7 Å². The first-order valence-corrected chi connectivity index (χ1v) is 13.8. The highest BCUT2D eigenvalue weighted by atomic mass is 16.5. The fourth-order valence-electron chi connectivity index (χ4n) is 4.54. The van der Waals surface area contributed by atoms with Gasteiger partial charge in [0.25, 0.3) is 0 Å². The van der Waals surface area contributed by atoms with Crippen LogP contribution in [0.25, 0.3) is 22.8 Å². The second-order valence-corrected chi connectivity index (χ2v) is 9.65. The number of nitrogen functional groups attached to an aromatic ring is 1. The number of pyridine rings is 1. The lowest BCUT2D eigenvalue weighted by Gasteiger charge is -2.28. The van der Waals surface area contributed by atoms with Gasteiger partial charge in [-0.1, -0.05) is 54.8 Å². The summed E-state index contributed by atoms with van der Waals surface area (Å²) in [6.07, 6.45) is 22.1. The van der Waals surface area contributed by atoms with E-state index in [1.54, 1.807) is 13.1 Å².